The van der Waals surface area contributed by atoms with Gasteiger partial charge in [-0.05, 0) is 31.4 Å². The molecule has 1 aromatic rings. The molecule has 2 heterocycles. The number of aliphatic carboxylic acids is 1. The average Bonchev–Trinajstić information content (AvgIpc) is 2.96. The summed E-state index contributed by atoms with van der Waals surface area (Å²) in [5, 5.41) is 12.1. The normalized spacial score (nSPS) is 24.6. The van der Waals surface area contributed by atoms with E-state index in [-0.39, 0.29) is 24.6 Å². The molecule has 2 aliphatic rings. The first-order valence-corrected chi connectivity index (χ1v) is 8.99. The largest absolute Gasteiger partial charge is 0.496 e. The van der Waals surface area contributed by atoms with Gasteiger partial charge < -0.3 is 24.8 Å². The number of urea groups is 1. The van der Waals surface area contributed by atoms with Crippen LogP contribution in [0.1, 0.15) is 31.4 Å². The lowest BCUT2D eigenvalue weighted by molar-refractivity contribution is -0.143. The number of ether oxygens (including phenoxy) is 2. The zero-order chi connectivity index (χ0) is 18.8. The van der Waals surface area contributed by atoms with E-state index in [0.717, 1.165) is 29.0 Å². The van der Waals surface area contributed by atoms with Crippen LogP contribution in [0.25, 0.3) is 0 Å². The molecule has 0 saturated carbocycles. The number of rotatable bonds is 4. The van der Waals surface area contributed by atoms with Crippen LogP contribution in [-0.4, -0.2) is 48.3 Å². The number of amides is 2. The lowest BCUT2D eigenvalue weighted by Gasteiger charge is -2.34. The number of carbonyl (C=O) groups excluding carboxylic acids is 1. The summed E-state index contributed by atoms with van der Waals surface area (Å²) in [6.45, 7) is 5.10. The van der Waals surface area contributed by atoms with E-state index in [1.807, 2.05) is 26.0 Å². The van der Waals surface area contributed by atoms with Crippen molar-refractivity contribution in [2.75, 3.05) is 20.2 Å². The van der Waals surface area contributed by atoms with Crippen LogP contribution in [0.5, 0.6) is 11.5 Å². The third-order valence-electron chi connectivity index (χ3n) is 5.03. The summed E-state index contributed by atoms with van der Waals surface area (Å²) in [5.74, 6) is 0.368. The van der Waals surface area contributed by atoms with Crippen LogP contribution in [0.2, 0.25) is 0 Å². The number of piperidine rings is 1. The summed E-state index contributed by atoms with van der Waals surface area (Å²) in [7, 11) is 1.61. The van der Waals surface area contributed by atoms with Crippen LogP contribution in [0.4, 0.5) is 4.79 Å². The minimum absolute atomic E-state index is 0.141. The van der Waals surface area contributed by atoms with Gasteiger partial charge in [0.05, 0.1) is 13.0 Å². The Hall–Kier alpha value is -2.44. The number of carbonyl (C=O) groups is 2. The molecule has 3 rings (SSSR count). The quantitative estimate of drug-likeness (QED) is 0.858. The van der Waals surface area contributed by atoms with Crippen LogP contribution >= 0.6 is 0 Å². The zero-order valence-corrected chi connectivity index (χ0v) is 15.4. The summed E-state index contributed by atoms with van der Waals surface area (Å²) in [6.07, 6.45) is 1.59. The standard InChI is InChI=1S/C19H26N2O5/c1-11-4-15(18(22)23)10-21(9-11)19(24)20-8-14-7-17-13(5-12(2)26-17)6-16(14)25-3/h6-7,11-12,15H,4-5,8-10H2,1-3H3,(H,20,24)(H,22,23). The van der Waals surface area contributed by atoms with E-state index in [1.165, 1.54) is 0 Å². The van der Waals surface area contributed by atoms with Gasteiger partial charge in [-0.3, -0.25) is 4.79 Å². The Bertz CT molecular complexity index is 705. The number of carboxylic acids is 1. The molecular formula is C19H26N2O5. The van der Waals surface area contributed by atoms with E-state index in [0.29, 0.717) is 19.5 Å². The van der Waals surface area contributed by atoms with E-state index in [9.17, 15) is 14.7 Å². The lowest BCUT2D eigenvalue weighted by atomic mass is 9.91. The molecule has 2 aliphatic heterocycles. The second kappa shape index (κ2) is 7.43. The maximum Gasteiger partial charge on any atom is 0.317 e. The predicted molar refractivity (Wildman–Crippen MR) is 95.5 cm³/mol. The van der Waals surface area contributed by atoms with Crippen LogP contribution < -0.4 is 14.8 Å². The molecule has 3 unspecified atom stereocenters. The first-order chi connectivity index (χ1) is 12.4. The van der Waals surface area contributed by atoms with E-state index in [2.05, 4.69) is 5.32 Å². The van der Waals surface area contributed by atoms with Gasteiger partial charge in [-0.25, -0.2) is 4.79 Å². The fourth-order valence-electron chi connectivity index (χ4n) is 3.79. The van der Waals surface area contributed by atoms with E-state index >= 15 is 0 Å². The summed E-state index contributed by atoms with van der Waals surface area (Å²) in [5.41, 5.74) is 1.95. The Morgan fingerprint density at radius 2 is 2.12 bits per heavy atom. The van der Waals surface area contributed by atoms with Crippen LogP contribution in [0.3, 0.4) is 0 Å². The molecule has 1 saturated heterocycles. The molecule has 7 heteroatoms. The van der Waals surface area contributed by atoms with Crippen molar-refractivity contribution in [3.63, 3.8) is 0 Å². The summed E-state index contributed by atoms with van der Waals surface area (Å²) < 4.78 is 11.2. The highest BCUT2D eigenvalue weighted by molar-refractivity contribution is 5.76. The molecule has 3 atom stereocenters. The third-order valence-corrected chi connectivity index (χ3v) is 5.03. The number of carboxylic acid groups (broad SMARTS) is 1. The first-order valence-electron chi connectivity index (χ1n) is 8.99. The van der Waals surface area contributed by atoms with Gasteiger partial charge in [0.2, 0.25) is 0 Å². The zero-order valence-electron chi connectivity index (χ0n) is 15.4. The highest BCUT2D eigenvalue weighted by Gasteiger charge is 2.32. The number of likely N-dealkylation sites (tertiary alicyclic amines) is 1. The molecule has 142 valence electrons. The second-order valence-electron chi connectivity index (χ2n) is 7.34. The molecule has 7 nitrogen and oxygen atoms in total. The van der Waals surface area contributed by atoms with Gasteiger partial charge in [0.15, 0.2) is 0 Å². The van der Waals surface area contributed by atoms with Gasteiger partial charge in [0, 0.05) is 37.2 Å². The van der Waals surface area contributed by atoms with Crippen molar-refractivity contribution in [2.45, 2.75) is 39.3 Å². The van der Waals surface area contributed by atoms with Gasteiger partial charge in [-0.1, -0.05) is 6.92 Å². The number of nitrogens with one attached hydrogen (secondary N) is 1. The van der Waals surface area contributed by atoms with Crippen molar-refractivity contribution >= 4 is 12.0 Å². The molecule has 0 bridgehead atoms. The maximum atomic E-state index is 12.5. The van der Waals surface area contributed by atoms with E-state index < -0.39 is 11.9 Å². The molecule has 2 N–H and O–H groups in total. The van der Waals surface area contributed by atoms with Gasteiger partial charge in [-0.2, -0.15) is 0 Å². The van der Waals surface area contributed by atoms with Crippen molar-refractivity contribution in [2.24, 2.45) is 11.8 Å². The fourth-order valence-corrected chi connectivity index (χ4v) is 3.79. The molecule has 2 amide bonds. The Morgan fingerprint density at radius 1 is 1.35 bits per heavy atom. The highest BCUT2D eigenvalue weighted by atomic mass is 16.5. The van der Waals surface area contributed by atoms with Crippen molar-refractivity contribution in [3.05, 3.63) is 23.3 Å². The van der Waals surface area contributed by atoms with Crippen molar-refractivity contribution in [3.8, 4) is 11.5 Å². The van der Waals surface area contributed by atoms with Gasteiger partial charge in [0.1, 0.15) is 17.6 Å². The monoisotopic (exact) mass is 362 g/mol. The molecule has 0 spiro atoms. The van der Waals surface area contributed by atoms with Crippen molar-refractivity contribution < 1.29 is 24.2 Å². The molecule has 0 radical (unpaired) electrons. The third kappa shape index (κ3) is 3.86. The van der Waals surface area contributed by atoms with Crippen molar-refractivity contribution in [1.82, 2.24) is 10.2 Å². The summed E-state index contributed by atoms with van der Waals surface area (Å²) in [4.78, 5) is 25.4. The maximum absolute atomic E-state index is 12.5. The molecule has 0 aliphatic carbocycles. The number of fused-ring (bicyclic) bond motifs is 1. The number of benzene rings is 1. The smallest absolute Gasteiger partial charge is 0.317 e. The van der Waals surface area contributed by atoms with Crippen LogP contribution in [0, 0.1) is 11.8 Å². The Balaban J connectivity index is 1.66. The van der Waals surface area contributed by atoms with Gasteiger partial charge in [0.25, 0.3) is 0 Å². The highest BCUT2D eigenvalue weighted by Crippen LogP contribution is 2.35. The van der Waals surface area contributed by atoms with Gasteiger partial charge in [-0.15, -0.1) is 0 Å². The number of hydrogen-bond acceptors (Lipinski definition) is 4. The Kier molecular flexibility index (Phi) is 5.25. The Labute approximate surface area is 153 Å². The lowest BCUT2D eigenvalue weighted by Crippen LogP contribution is -2.49. The topological polar surface area (TPSA) is 88.1 Å². The molecule has 1 aromatic carbocycles. The van der Waals surface area contributed by atoms with Gasteiger partial charge >= 0.3 is 12.0 Å². The predicted octanol–water partition coefficient (Wildman–Crippen LogP) is 2.27. The SMILES string of the molecule is COc1cc2c(cc1CNC(=O)N1CC(C)CC(C(=O)O)C1)OC(C)C2. The summed E-state index contributed by atoms with van der Waals surface area (Å²) in [6, 6.07) is 3.63. The van der Waals surface area contributed by atoms with E-state index in [4.69, 9.17) is 9.47 Å². The minimum atomic E-state index is -0.846. The van der Waals surface area contributed by atoms with Crippen LogP contribution in [-0.2, 0) is 17.8 Å². The molecule has 1 fully saturated rings. The average molecular weight is 362 g/mol. The van der Waals surface area contributed by atoms with Crippen LogP contribution in [0.15, 0.2) is 12.1 Å². The fraction of sp³-hybridized carbons (Fsp3) is 0.579. The molecule has 0 aromatic heterocycles. The minimum Gasteiger partial charge on any atom is -0.496 e. The molecular weight excluding hydrogens is 336 g/mol. The number of methoxy groups -OCH3 is 1. The second-order valence-corrected chi connectivity index (χ2v) is 7.34. The Morgan fingerprint density at radius 3 is 2.81 bits per heavy atom. The van der Waals surface area contributed by atoms with Crippen molar-refractivity contribution in [1.29, 1.82) is 0 Å². The van der Waals surface area contributed by atoms with E-state index in [1.54, 1.807) is 12.0 Å². The summed E-state index contributed by atoms with van der Waals surface area (Å²) >= 11 is 0. The number of hydrogen-bond donors (Lipinski definition) is 2. The number of nitrogens with zero attached hydrogens (tertiary/aromatic N) is 1. The first kappa shape index (κ1) is 18.4. The molecule has 26 heavy (non-hydrogen) atoms.